The van der Waals surface area contributed by atoms with E-state index in [1.54, 1.807) is 18.2 Å². The van der Waals surface area contributed by atoms with E-state index in [0.29, 0.717) is 12.2 Å². The maximum Gasteiger partial charge on any atom is 0.387 e. The van der Waals surface area contributed by atoms with Crippen LogP contribution in [0.5, 0.6) is 5.75 Å². The molecule has 0 bridgehead atoms. The fourth-order valence-corrected chi connectivity index (χ4v) is 1.00. The molecule has 0 saturated carbocycles. The Bertz CT molecular complexity index is 281. The molecule has 0 fully saturated rings. The van der Waals surface area contributed by atoms with Crippen molar-refractivity contribution >= 4 is 5.69 Å². The molecule has 0 unspecified atom stereocenters. The average molecular weight is 203 g/mol. The fraction of sp³-hybridized carbons (Fsp3) is 0.333. The van der Waals surface area contributed by atoms with Gasteiger partial charge < -0.3 is 15.2 Å². The number of ether oxygens (including phenoxy) is 1. The number of nitrogens with one attached hydrogen (secondary N) is 1. The van der Waals surface area contributed by atoms with Gasteiger partial charge in [0.2, 0.25) is 0 Å². The molecule has 78 valence electrons. The molecule has 0 spiro atoms. The molecule has 3 nitrogen and oxygen atoms in total. The smallest absolute Gasteiger partial charge is 0.387 e. The van der Waals surface area contributed by atoms with Crippen LogP contribution in [0.1, 0.15) is 0 Å². The number of hydrogen-bond donors (Lipinski definition) is 2. The summed E-state index contributed by atoms with van der Waals surface area (Å²) in [5.74, 6) is 0.0796. The van der Waals surface area contributed by atoms with Crippen molar-refractivity contribution in [3.05, 3.63) is 24.3 Å². The van der Waals surface area contributed by atoms with E-state index in [0.717, 1.165) is 0 Å². The number of para-hydroxylation sites is 2. The highest BCUT2D eigenvalue weighted by Gasteiger charge is 2.07. The van der Waals surface area contributed by atoms with E-state index in [9.17, 15) is 8.78 Å². The number of alkyl halides is 2. The van der Waals surface area contributed by atoms with Gasteiger partial charge in [0, 0.05) is 6.54 Å². The van der Waals surface area contributed by atoms with Gasteiger partial charge >= 0.3 is 6.61 Å². The van der Waals surface area contributed by atoms with Crippen LogP contribution in [0.2, 0.25) is 0 Å². The van der Waals surface area contributed by atoms with Crippen LogP contribution < -0.4 is 10.1 Å². The molecule has 1 aromatic carbocycles. The molecule has 2 N–H and O–H groups in total. The van der Waals surface area contributed by atoms with E-state index in [1.807, 2.05) is 0 Å². The summed E-state index contributed by atoms with van der Waals surface area (Å²) in [6, 6.07) is 6.33. The molecule has 14 heavy (non-hydrogen) atoms. The van der Waals surface area contributed by atoms with Crippen molar-refractivity contribution in [2.45, 2.75) is 6.61 Å². The standard InChI is InChI=1S/C9H11F2NO2/c10-9(11)14-8-4-2-1-3-7(8)12-5-6-13/h1-4,9,12-13H,5-6H2. The Hall–Kier alpha value is -1.36. The molecule has 0 amide bonds. The molecule has 1 aromatic rings. The molecular formula is C9H11F2NO2. The highest BCUT2D eigenvalue weighted by Crippen LogP contribution is 2.24. The zero-order valence-corrected chi connectivity index (χ0v) is 7.41. The molecule has 0 radical (unpaired) electrons. The summed E-state index contributed by atoms with van der Waals surface area (Å²) in [4.78, 5) is 0. The molecule has 0 atom stereocenters. The summed E-state index contributed by atoms with van der Waals surface area (Å²) in [6.07, 6.45) is 0. The van der Waals surface area contributed by atoms with Crippen molar-refractivity contribution in [3.63, 3.8) is 0 Å². The zero-order chi connectivity index (χ0) is 10.4. The molecule has 0 aliphatic heterocycles. The highest BCUT2D eigenvalue weighted by molar-refractivity contribution is 5.56. The van der Waals surface area contributed by atoms with Gasteiger partial charge in [0.25, 0.3) is 0 Å². The molecule has 1 rings (SSSR count). The SMILES string of the molecule is OCCNc1ccccc1OC(F)F. The van der Waals surface area contributed by atoms with Crippen LogP contribution in [0.3, 0.4) is 0 Å². The number of benzene rings is 1. The van der Waals surface area contributed by atoms with Gasteiger partial charge in [0.05, 0.1) is 12.3 Å². The van der Waals surface area contributed by atoms with Crippen molar-refractivity contribution in [1.82, 2.24) is 0 Å². The molecule has 5 heteroatoms. The maximum absolute atomic E-state index is 11.9. The van der Waals surface area contributed by atoms with Crippen LogP contribution in [0, 0.1) is 0 Å². The first kappa shape index (κ1) is 10.7. The van der Waals surface area contributed by atoms with Crippen molar-refractivity contribution in [2.24, 2.45) is 0 Å². The lowest BCUT2D eigenvalue weighted by Crippen LogP contribution is -2.09. The lowest BCUT2D eigenvalue weighted by Gasteiger charge is -2.11. The highest BCUT2D eigenvalue weighted by atomic mass is 19.3. The third-order valence-electron chi connectivity index (χ3n) is 1.53. The first-order valence-electron chi connectivity index (χ1n) is 4.12. The van der Waals surface area contributed by atoms with Crippen molar-refractivity contribution in [2.75, 3.05) is 18.5 Å². The quantitative estimate of drug-likeness (QED) is 0.765. The summed E-state index contributed by atoms with van der Waals surface area (Å²) in [5.41, 5.74) is 0.446. The molecule has 0 saturated heterocycles. The Balaban J connectivity index is 2.69. The zero-order valence-electron chi connectivity index (χ0n) is 7.41. The van der Waals surface area contributed by atoms with Gasteiger partial charge in [-0.25, -0.2) is 0 Å². The largest absolute Gasteiger partial charge is 0.433 e. The second-order valence-electron chi connectivity index (χ2n) is 2.53. The van der Waals surface area contributed by atoms with Gasteiger partial charge in [-0.1, -0.05) is 12.1 Å². The molecule has 0 heterocycles. The third kappa shape index (κ3) is 3.18. The average Bonchev–Trinajstić information content (AvgIpc) is 2.16. The van der Waals surface area contributed by atoms with E-state index >= 15 is 0 Å². The van der Waals surface area contributed by atoms with E-state index in [4.69, 9.17) is 5.11 Å². The Morgan fingerprint density at radius 1 is 1.36 bits per heavy atom. The minimum absolute atomic E-state index is 0.0665. The third-order valence-corrected chi connectivity index (χ3v) is 1.53. The van der Waals surface area contributed by atoms with E-state index in [-0.39, 0.29) is 12.4 Å². The molecule has 0 aliphatic carbocycles. The number of rotatable bonds is 5. The molecular weight excluding hydrogens is 192 g/mol. The summed E-state index contributed by atoms with van der Waals surface area (Å²) < 4.78 is 28.1. The second kappa shape index (κ2) is 5.39. The minimum atomic E-state index is -2.84. The van der Waals surface area contributed by atoms with Crippen molar-refractivity contribution in [3.8, 4) is 5.75 Å². The van der Waals surface area contributed by atoms with Crippen molar-refractivity contribution < 1.29 is 18.6 Å². The molecule has 0 aromatic heterocycles. The Labute approximate surface area is 80.3 Å². The number of aliphatic hydroxyl groups is 1. The number of halogens is 2. The minimum Gasteiger partial charge on any atom is -0.433 e. The Morgan fingerprint density at radius 2 is 2.07 bits per heavy atom. The van der Waals surface area contributed by atoms with Crippen LogP contribution in [-0.2, 0) is 0 Å². The van der Waals surface area contributed by atoms with E-state index in [1.165, 1.54) is 6.07 Å². The first-order chi connectivity index (χ1) is 6.74. The van der Waals surface area contributed by atoms with Gasteiger partial charge in [-0.2, -0.15) is 8.78 Å². The summed E-state index contributed by atoms with van der Waals surface area (Å²) >= 11 is 0. The van der Waals surface area contributed by atoms with Gasteiger partial charge in [-0.3, -0.25) is 0 Å². The normalized spacial score (nSPS) is 10.3. The first-order valence-corrected chi connectivity index (χ1v) is 4.12. The fourth-order valence-electron chi connectivity index (χ4n) is 1.00. The van der Waals surface area contributed by atoms with Gasteiger partial charge in [-0.05, 0) is 12.1 Å². The van der Waals surface area contributed by atoms with Gasteiger partial charge in [0.15, 0.2) is 0 Å². The van der Waals surface area contributed by atoms with Crippen LogP contribution in [0.25, 0.3) is 0 Å². The van der Waals surface area contributed by atoms with Gasteiger partial charge in [0.1, 0.15) is 5.75 Å². The summed E-state index contributed by atoms with van der Waals surface area (Å²) in [7, 11) is 0. The predicted octanol–water partition coefficient (Wildman–Crippen LogP) is 1.69. The van der Waals surface area contributed by atoms with Crippen LogP contribution >= 0.6 is 0 Å². The van der Waals surface area contributed by atoms with E-state index < -0.39 is 6.61 Å². The monoisotopic (exact) mass is 203 g/mol. The maximum atomic E-state index is 11.9. The second-order valence-corrected chi connectivity index (χ2v) is 2.53. The number of hydrogen-bond acceptors (Lipinski definition) is 3. The topological polar surface area (TPSA) is 41.5 Å². The lowest BCUT2D eigenvalue weighted by molar-refractivity contribution is -0.0493. The summed E-state index contributed by atoms with van der Waals surface area (Å²) in [5, 5.41) is 11.3. The summed E-state index contributed by atoms with van der Waals surface area (Å²) in [6.45, 7) is -2.61. The Kier molecular flexibility index (Phi) is 4.12. The number of anilines is 1. The van der Waals surface area contributed by atoms with Crippen LogP contribution in [-0.4, -0.2) is 24.9 Å². The van der Waals surface area contributed by atoms with Crippen molar-refractivity contribution in [1.29, 1.82) is 0 Å². The predicted molar refractivity (Wildman–Crippen MR) is 48.6 cm³/mol. The Morgan fingerprint density at radius 3 is 2.71 bits per heavy atom. The lowest BCUT2D eigenvalue weighted by atomic mass is 10.3. The number of aliphatic hydroxyl groups excluding tert-OH is 1. The van der Waals surface area contributed by atoms with E-state index in [2.05, 4.69) is 10.1 Å². The molecule has 0 aliphatic rings. The van der Waals surface area contributed by atoms with Crippen LogP contribution in [0.4, 0.5) is 14.5 Å². The van der Waals surface area contributed by atoms with Crippen LogP contribution in [0.15, 0.2) is 24.3 Å². The van der Waals surface area contributed by atoms with Gasteiger partial charge in [-0.15, -0.1) is 0 Å².